The first-order valence-corrected chi connectivity index (χ1v) is 16.5. The lowest BCUT2D eigenvalue weighted by molar-refractivity contribution is -0.139. The highest BCUT2D eigenvalue weighted by Crippen LogP contribution is 2.29. The molecule has 1 atom stereocenters. The first-order chi connectivity index (χ1) is 21.3. The minimum atomic E-state index is -4.22. The van der Waals surface area contributed by atoms with Crippen LogP contribution in [0, 0.1) is 6.92 Å². The largest absolute Gasteiger partial charge is 0.457 e. The Morgan fingerprint density at radius 3 is 2.04 bits per heavy atom. The quantitative estimate of drug-likeness (QED) is 0.172. The molecule has 0 unspecified atom stereocenters. The first kappa shape index (κ1) is 33.8. The van der Waals surface area contributed by atoms with Gasteiger partial charge in [-0.2, -0.15) is 0 Å². The Bertz CT molecular complexity index is 1730. The molecule has 0 radical (unpaired) electrons. The number of carbonyl (C=O) groups is 2. The molecule has 0 saturated heterocycles. The van der Waals surface area contributed by atoms with Gasteiger partial charge in [0.1, 0.15) is 24.1 Å². The predicted molar refractivity (Wildman–Crippen MR) is 178 cm³/mol. The van der Waals surface area contributed by atoms with E-state index in [0.717, 1.165) is 9.87 Å². The van der Waals surface area contributed by atoms with Crippen molar-refractivity contribution in [2.75, 3.05) is 10.8 Å². The third-order valence-electron chi connectivity index (χ3n) is 6.93. The van der Waals surface area contributed by atoms with Crippen LogP contribution in [0.5, 0.6) is 11.5 Å². The Labute approximate surface area is 274 Å². The second-order valence-electron chi connectivity index (χ2n) is 10.8. The molecule has 0 heterocycles. The maximum atomic E-state index is 14.1. The fourth-order valence-electron chi connectivity index (χ4n) is 4.49. The van der Waals surface area contributed by atoms with Gasteiger partial charge in [-0.05, 0) is 93.9 Å². The van der Waals surface area contributed by atoms with Crippen molar-refractivity contribution in [3.05, 3.63) is 118 Å². The van der Waals surface area contributed by atoms with Crippen LogP contribution in [0.25, 0.3) is 0 Å². The van der Waals surface area contributed by atoms with E-state index in [0.29, 0.717) is 27.1 Å². The molecule has 0 aromatic heterocycles. The van der Waals surface area contributed by atoms with E-state index in [1.165, 1.54) is 17.0 Å². The number of halogens is 2. The Morgan fingerprint density at radius 1 is 0.822 bits per heavy atom. The molecule has 0 aliphatic carbocycles. The summed E-state index contributed by atoms with van der Waals surface area (Å²) in [6.07, 6.45) is 0. The minimum absolute atomic E-state index is 0.00925. The van der Waals surface area contributed by atoms with Crippen LogP contribution >= 0.6 is 23.2 Å². The van der Waals surface area contributed by atoms with Crippen molar-refractivity contribution >= 4 is 50.7 Å². The van der Waals surface area contributed by atoms with Crippen molar-refractivity contribution in [1.82, 2.24) is 10.2 Å². The Hall–Kier alpha value is -4.05. The molecule has 0 fully saturated rings. The van der Waals surface area contributed by atoms with Gasteiger partial charge in [0.05, 0.1) is 20.6 Å². The molecule has 0 aliphatic rings. The number of benzene rings is 4. The zero-order valence-electron chi connectivity index (χ0n) is 25.4. The monoisotopic (exact) mass is 667 g/mol. The number of amides is 2. The van der Waals surface area contributed by atoms with Crippen LogP contribution in [-0.2, 0) is 26.2 Å². The molecule has 4 aromatic carbocycles. The van der Waals surface area contributed by atoms with Gasteiger partial charge in [0.15, 0.2) is 0 Å². The van der Waals surface area contributed by atoms with Crippen LogP contribution in [0.4, 0.5) is 5.69 Å². The van der Waals surface area contributed by atoms with Gasteiger partial charge in [0.2, 0.25) is 11.8 Å². The van der Waals surface area contributed by atoms with Crippen molar-refractivity contribution in [3.63, 3.8) is 0 Å². The van der Waals surface area contributed by atoms with E-state index >= 15 is 0 Å². The standard InChI is InChI=1S/C34H35Cl2N3O5S/c1-23(2)37-34(41)25(4)38(21-26-12-19-31(35)32(36)20-26)33(40)22-39(45(42,43)30-17-10-24(3)11-18-30)27-13-15-29(16-14-27)44-28-8-6-5-7-9-28/h5-20,23,25H,21-22H2,1-4H3,(H,37,41)/t25-/m1/s1. The molecule has 11 heteroatoms. The number of nitrogens with one attached hydrogen (secondary N) is 1. The fraction of sp³-hybridized carbons (Fsp3) is 0.235. The molecule has 0 bridgehead atoms. The number of carbonyl (C=O) groups excluding carboxylic acids is 2. The number of sulfonamides is 1. The second kappa shape index (κ2) is 14.8. The first-order valence-electron chi connectivity index (χ1n) is 14.3. The number of nitrogens with zero attached hydrogens (tertiary/aromatic N) is 2. The molecule has 1 N–H and O–H groups in total. The molecule has 0 spiro atoms. The highest BCUT2D eigenvalue weighted by atomic mass is 35.5. The van der Waals surface area contributed by atoms with Crippen LogP contribution in [0.15, 0.2) is 102 Å². The summed E-state index contributed by atoms with van der Waals surface area (Å²) in [5.41, 5.74) is 1.76. The van der Waals surface area contributed by atoms with Gasteiger partial charge in [-0.3, -0.25) is 13.9 Å². The van der Waals surface area contributed by atoms with E-state index < -0.39 is 28.5 Å². The third kappa shape index (κ3) is 8.78. The molecule has 4 aromatic rings. The summed E-state index contributed by atoms with van der Waals surface area (Å²) < 4.78 is 35.1. The van der Waals surface area contributed by atoms with Gasteiger partial charge >= 0.3 is 0 Å². The van der Waals surface area contributed by atoms with Gasteiger partial charge in [0.25, 0.3) is 10.0 Å². The summed E-state index contributed by atoms with van der Waals surface area (Å²) in [4.78, 5) is 28.6. The van der Waals surface area contributed by atoms with Gasteiger partial charge in [-0.1, -0.05) is 65.2 Å². The van der Waals surface area contributed by atoms with Crippen molar-refractivity contribution in [2.24, 2.45) is 0 Å². The lowest BCUT2D eigenvalue weighted by Crippen LogP contribution is -2.52. The van der Waals surface area contributed by atoms with Gasteiger partial charge in [-0.15, -0.1) is 0 Å². The SMILES string of the molecule is Cc1ccc(S(=O)(=O)N(CC(=O)N(Cc2ccc(Cl)c(Cl)c2)[C@H](C)C(=O)NC(C)C)c2ccc(Oc3ccccc3)cc2)cc1. The average molecular weight is 669 g/mol. The molecule has 0 aliphatic heterocycles. The molecule has 8 nitrogen and oxygen atoms in total. The number of ether oxygens (including phenoxy) is 1. The molecule has 0 saturated carbocycles. The van der Waals surface area contributed by atoms with Crippen LogP contribution in [0.2, 0.25) is 10.0 Å². The number of hydrogen-bond acceptors (Lipinski definition) is 5. The van der Waals surface area contributed by atoms with Gasteiger partial charge in [0, 0.05) is 12.6 Å². The summed E-state index contributed by atoms with van der Waals surface area (Å²) >= 11 is 12.3. The van der Waals surface area contributed by atoms with Crippen LogP contribution in [-0.4, -0.2) is 43.8 Å². The van der Waals surface area contributed by atoms with Crippen LogP contribution in [0.1, 0.15) is 31.9 Å². The van der Waals surface area contributed by atoms with E-state index in [4.69, 9.17) is 27.9 Å². The third-order valence-corrected chi connectivity index (χ3v) is 9.45. The lowest BCUT2D eigenvalue weighted by Gasteiger charge is -2.32. The highest BCUT2D eigenvalue weighted by molar-refractivity contribution is 7.92. The highest BCUT2D eigenvalue weighted by Gasteiger charge is 2.33. The van der Waals surface area contributed by atoms with E-state index in [-0.39, 0.29) is 29.1 Å². The normalized spacial score (nSPS) is 12.0. The fourth-order valence-corrected chi connectivity index (χ4v) is 6.23. The Morgan fingerprint density at radius 2 is 1.44 bits per heavy atom. The summed E-state index contributed by atoms with van der Waals surface area (Å²) in [5.74, 6) is 0.141. The smallest absolute Gasteiger partial charge is 0.264 e. The van der Waals surface area contributed by atoms with Gasteiger partial charge in [-0.25, -0.2) is 8.42 Å². The molecule has 2 amide bonds. The van der Waals surface area contributed by atoms with E-state index in [1.54, 1.807) is 73.7 Å². The lowest BCUT2D eigenvalue weighted by atomic mass is 10.1. The summed E-state index contributed by atoms with van der Waals surface area (Å²) in [5, 5.41) is 3.47. The number of hydrogen-bond donors (Lipinski definition) is 1. The second-order valence-corrected chi connectivity index (χ2v) is 13.5. The topological polar surface area (TPSA) is 96.0 Å². The zero-order valence-corrected chi connectivity index (χ0v) is 27.7. The number of aryl methyl sites for hydroxylation is 1. The van der Waals surface area contributed by atoms with Crippen LogP contribution in [0.3, 0.4) is 0 Å². The molecule has 4 rings (SSSR count). The van der Waals surface area contributed by atoms with E-state index in [2.05, 4.69) is 5.32 Å². The molecular formula is C34H35Cl2N3O5S. The average Bonchev–Trinajstić information content (AvgIpc) is 3.00. The van der Waals surface area contributed by atoms with Crippen molar-refractivity contribution in [3.8, 4) is 11.5 Å². The summed E-state index contributed by atoms with van der Waals surface area (Å²) in [7, 11) is -4.22. The Balaban J connectivity index is 1.71. The number of para-hydroxylation sites is 1. The van der Waals surface area contributed by atoms with Crippen LogP contribution < -0.4 is 14.4 Å². The Kier molecular flexibility index (Phi) is 11.1. The van der Waals surface area contributed by atoms with Crippen molar-refractivity contribution < 1.29 is 22.7 Å². The minimum Gasteiger partial charge on any atom is -0.457 e. The molecular weight excluding hydrogens is 633 g/mol. The van der Waals surface area contributed by atoms with E-state index in [1.807, 2.05) is 39.0 Å². The van der Waals surface area contributed by atoms with Crippen molar-refractivity contribution in [1.29, 1.82) is 0 Å². The van der Waals surface area contributed by atoms with E-state index in [9.17, 15) is 18.0 Å². The maximum Gasteiger partial charge on any atom is 0.264 e. The summed E-state index contributed by atoms with van der Waals surface area (Å²) in [6.45, 7) is 6.50. The molecule has 45 heavy (non-hydrogen) atoms. The molecule has 236 valence electrons. The summed E-state index contributed by atoms with van der Waals surface area (Å²) in [6, 6.07) is 25.8. The van der Waals surface area contributed by atoms with Crippen molar-refractivity contribution in [2.45, 2.75) is 51.2 Å². The zero-order chi connectivity index (χ0) is 32.7. The maximum absolute atomic E-state index is 14.1. The predicted octanol–water partition coefficient (Wildman–Crippen LogP) is 7.23. The number of rotatable bonds is 12. The number of anilines is 1. The van der Waals surface area contributed by atoms with Gasteiger partial charge < -0.3 is 15.0 Å².